The number of benzene rings is 1. The van der Waals surface area contributed by atoms with Gasteiger partial charge in [-0.15, -0.1) is 24.0 Å². The van der Waals surface area contributed by atoms with Crippen LogP contribution >= 0.6 is 24.0 Å². The summed E-state index contributed by atoms with van der Waals surface area (Å²) in [5, 5.41) is 7.25. The van der Waals surface area contributed by atoms with E-state index in [0.29, 0.717) is 11.7 Å². The van der Waals surface area contributed by atoms with Crippen LogP contribution in [-0.2, 0) is 13.0 Å². The smallest absolute Gasteiger partial charge is 0.226 e. The number of nitrogens with one attached hydrogen (secondary N) is 1. The molecule has 2 heterocycles. The van der Waals surface area contributed by atoms with Gasteiger partial charge in [-0.05, 0) is 25.8 Å². The molecule has 7 nitrogen and oxygen atoms in total. The number of aryl methyl sites for hydroxylation is 2. The minimum Gasteiger partial charge on any atom is -0.357 e. The van der Waals surface area contributed by atoms with E-state index in [2.05, 4.69) is 62.5 Å². The van der Waals surface area contributed by atoms with Gasteiger partial charge in [0.2, 0.25) is 5.89 Å². The highest BCUT2D eigenvalue weighted by molar-refractivity contribution is 14.0. The second-order valence-corrected chi connectivity index (χ2v) is 6.82. The summed E-state index contributed by atoms with van der Waals surface area (Å²) in [6.45, 7) is 10.7. The maximum atomic E-state index is 5.15. The molecule has 1 aromatic heterocycles. The summed E-state index contributed by atoms with van der Waals surface area (Å²) in [7, 11) is 0. The molecule has 0 unspecified atom stereocenters. The van der Waals surface area contributed by atoms with E-state index in [9.17, 15) is 0 Å². The molecule has 1 fully saturated rings. The van der Waals surface area contributed by atoms with Crippen molar-refractivity contribution in [1.82, 2.24) is 25.3 Å². The van der Waals surface area contributed by atoms with Crippen molar-refractivity contribution in [3.63, 3.8) is 0 Å². The van der Waals surface area contributed by atoms with Crippen LogP contribution in [0.1, 0.15) is 30.6 Å². The summed E-state index contributed by atoms with van der Waals surface area (Å²) in [5.74, 6) is 2.40. The molecule has 2 aromatic rings. The summed E-state index contributed by atoms with van der Waals surface area (Å²) in [5.41, 5.74) is 1.38. The topological polar surface area (TPSA) is 69.8 Å². The zero-order valence-electron chi connectivity index (χ0n) is 16.8. The summed E-state index contributed by atoms with van der Waals surface area (Å²) < 4.78 is 5.15. The molecule has 8 heteroatoms. The molecule has 3 rings (SSSR count). The van der Waals surface area contributed by atoms with Gasteiger partial charge in [0.15, 0.2) is 11.8 Å². The van der Waals surface area contributed by atoms with Gasteiger partial charge in [-0.25, -0.2) is 0 Å². The van der Waals surface area contributed by atoms with E-state index in [1.807, 2.05) is 6.92 Å². The fourth-order valence-corrected chi connectivity index (χ4v) is 3.24. The molecule has 1 aliphatic rings. The van der Waals surface area contributed by atoms with Crippen molar-refractivity contribution in [2.45, 2.75) is 33.2 Å². The SMILES string of the molecule is CCNC(=NCCCc1nc(C)no1)N1CCN(Cc2ccccc2)CC1.I. The van der Waals surface area contributed by atoms with Crippen LogP contribution in [-0.4, -0.2) is 65.2 Å². The average Bonchev–Trinajstić information content (AvgIpc) is 3.11. The lowest BCUT2D eigenvalue weighted by Crippen LogP contribution is -2.52. The van der Waals surface area contributed by atoms with Crippen molar-refractivity contribution in [2.75, 3.05) is 39.3 Å². The Kier molecular flexibility index (Phi) is 9.69. The largest absolute Gasteiger partial charge is 0.357 e. The molecule has 0 amide bonds. The second kappa shape index (κ2) is 12.0. The van der Waals surface area contributed by atoms with Gasteiger partial charge in [0, 0.05) is 52.2 Å². The standard InChI is InChI=1S/C20H30N6O.HI/c1-3-21-20(22-11-7-10-19-23-17(2)24-27-19)26-14-12-25(13-15-26)16-18-8-5-4-6-9-18;/h4-6,8-9H,3,7,10-16H2,1-2H3,(H,21,22);1H. The van der Waals surface area contributed by atoms with E-state index in [4.69, 9.17) is 9.52 Å². The first-order valence-corrected chi connectivity index (χ1v) is 9.83. The van der Waals surface area contributed by atoms with Gasteiger partial charge >= 0.3 is 0 Å². The van der Waals surface area contributed by atoms with Crippen molar-refractivity contribution < 1.29 is 4.52 Å². The van der Waals surface area contributed by atoms with Crippen LogP contribution in [0, 0.1) is 6.92 Å². The summed E-state index contributed by atoms with van der Waals surface area (Å²) in [4.78, 5) is 13.9. The fraction of sp³-hybridized carbons (Fsp3) is 0.550. The molecule has 0 atom stereocenters. The summed E-state index contributed by atoms with van der Waals surface area (Å²) in [6, 6.07) is 10.7. The lowest BCUT2D eigenvalue weighted by Gasteiger charge is -2.36. The number of aliphatic imine (C=N–C) groups is 1. The van der Waals surface area contributed by atoms with Crippen LogP contribution in [0.3, 0.4) is 0 Å². The van der Waals surface area contributed by atoms with Crippen molar-refractivity contribution in [3.8, 4) is 0 Å². The van der Waals surface area contributed by atoms with Crippen LogP contribution in [0.15, 0.2) is 39.8 Å². The molecular formula is C20H31IN6O. The highest BCUT2D eigenvalue weighted by Gasteiger charge is 2.19. The predicted octanol–water partition coefficient (Wildman–Crippen LogP) is 2.71. The Morgan fingerprint density at radius 2 is 1.93 bits per heavy atom. The molecule has 1 saturated heterocycles. The molecule has 1 aliphatic heterocycles. The minimum atomic E-state index is 0. The first-order chi connectivity index (χ1) is 13.2. The van der Waals surface area contributed by atoms with Crippen molar-refractivity contribution in [2.24, 2.45) is 4.99 Å². The summed E-state index contributed by atoms with van der Waals surface area (Å²) in [6.07, 6.45) is 1.68. The number of piperazine rings is 1. The lowest BCUT2D eigenvalue weighted by molar-refractivity contribution is 0.172. The first-order valence-electron chi connectivity index (χ1n) is 9.83. The van der Waals surface area contributed by atoms with Crippen molar-refractivity contribution in [1.29, 1.82) is 0 Å². The molecule has 0 radical (unpaired) electrons. The highest BCUT2D eigenvalue weighted by Crippen LogP contribution is 2.09. The lowest BCUT2D eigenvalue weighted by atomic mass is 10.2. The van der Waals surface area contributed by atoms with E-state index in [0.717, 1.165) is 64.6 Å². The maximum absolute atomic E-state index is 5.15. The van der Waals surface area contributed by atoms with Crippen LogP contribution in [0.4, 0.5) is 0 Å². The number of hydrogen-bond donors (Lipinski definition) is 1. The maximum Gasteiger partial charge on any atom is 0.226 e. The third kappa shape index (κ3) is 7.05. The zero-order valence-corrected chi connectivity index (χ0v) is 19.1. The van der Waals surface area contributed by atoms with Gasteiger partial charge in [0.25, 0.3) is 0 Å². The van der Waals surface area contributed by atoms with Gasteiger partial charge in [0.1, 0.15) is 0 Å². The Bertz CT molecular complexity index is 712. The molecule has 0 saturated carbocycles. The Morgan fingerprint density at radius 1 is 1.18 bits per heavy atom. The fourth-order valence-electron chi connectivity index (χ4n) is 3.24. The first kappa shape index (κ1) is 22.6. The molecule has 0 aliphatic carbocycles. The van der Waals surface area contributed by atoms with Crippen LogP contribution in [0.25, 0.3) is 0 Å². The number of rotatable bonds is 7. The van der Waals surface area contributed by atoms with E-state index >= 15 is 0 Å². The van der Waals surface area contributed by atoms with Gasteiger partial charge in [0.05, 0.1) is 0 Å². The molecular weight excluding hydrogens is 467 g/mol. The summed E-state index contributed by atoms with van der Waals surface area (Å²) >= 11 is 0. The second-order valence-electron chi connectivity index (χ2n) is 6.82. The highest BCUT2D eigenvalue weighted by atomic mass is 127. The van der Waals surface area contributed by atoms with Gasteiger partial charge in [-0.2, -0.15) is 4.98 Å². The number of hydrogen-bond acceptors (Lipinski definition) is 5. The van der Waals surface area contributed by atoms with Crippen molar-refractivity contribution in [3.05, 3.63) is 47.6 Å². The van der Waals surface area contributed by atoms with E-state index in [-0.39, 0.29) is 24.0 Å². The Labute approximate surface area is 184 Å². The quantitative estimate of drug-likeness (QED) is 0.274. The van der Waals surface area contributed by atoms with E-state index < -0.39 is 0 Å². The van der Waals surface area contributed by atoms with E-state index in [1.165, 1.54) is 5.56 Å². The molecule has 154 valence electrons. The molecule has 0 spiro atoms. The predicted molar refractivity (Wildman–Crippen MR) is 122 cm³/mol. The van der Waals surface area contributed by atoms with Crippen LogP contribution in [0.2, 0.25) is 0 Å². The Hall–Kier alpha value is -1.68. The number of nitrogens with zero attached hydrogens (tertiary/aromatic N) is 5. The zero-order chi connectivity index (χ0) is 18.9. The Balaban J connectivity index is 0.00000280. The minimum absolute atomic E-state index is 0. The molecule has 1 aromatic carbocycles. The number of guanidine groups is 1. The van der Waals surface area contributed by atoms with E-state index in [1.54, 1.807) is 0 Å². The number of aromatic nitrogens is 2. The average molecular weight is 498 g/mol. The molecule has 1 N–H and O–H groups in total. The third-order valence-electron chi connectivity index (χ3n) is 4.64. The van der Waals surface area contributed by atoms with Gasteiger partial charge in [-0.3, -0.25) is 9.89 Å². The Morgan fingerprint density at radius 3 is 2.57 bits per heavy atom. The van der Waals surface area contributed by atoms with Crippen LogP contribution in [0.5, 0.6) is 0 Å². The normalized spacial score (nSPS) is 15.4. The third-order valence-corrected chi connectivity index (χ3v) is 4.64. The molecule has 0 bridgehead atoms. The van der Waals surface area contributed by atoms with Gasteiger partial charge < -0.3 is 14.7 Å². The molecule has 28 heavy (non-hydrogen) atoms. The van der Waals surface area contributed by atoms with Crippen LogP contribution < -0.4 is 5.32 Å². The monoisotopic (exact) mass is 498 g/mol. The van der Waals surface area contributed by atoms with Crippen molar-refractivity contribution >= 4 is 29.9 Å². The number of halogens is 1. The van der Waals surface area contributed by atoms with Gasteiger partial charge in [-0.1, -0.05) is 35.5 Å².